The number of nitrogens with zero attached hydrogens (tertiary/aromatic N) is 1. The highest BCUT2D eigenvalue weighted by molar-refractivity contribution is 6.31. The summed E-state index contributed by atoms with van der Waals surface area (Å²) in [6.07, 6.45) is 4.44. The van der Waals surface area contributed by atoms with Crippen molar-refractivity contribution >= 4 is 17.5 Å². The highest BCUT2D eigenvalue weighted by atomic mass is 35.5. The van der Waals surface area contributed by atoms with Gasteiger partial charge in [0, 0.05) is 29.1 Å². The average Bonchev–Trinajstić information content (AvgIpc) is 2.98. The third-order valence-corrected chi connectivity index (χ3v) is 4.75. The molecule has 0 radical (unpaired) electrons. The Labute approximate surface area is 122 Å². The number of carbonyl (C=O) groups excluding carboxylic acids is 1. The second-order valence-corrected chi connectivity index (χ2v) is 6.09. The molecule has 1 aromatic rings. The van der Waals surface area contributed by atoms with Gasteiger partial charge in [-0.1, -0.05) is 30.5 Å². The average molecular weight is 297 g/mol. The van der Waals surface area contributed by atoms with Crippen molar-refractivity contribution in [3.05, 3.63) is 34.6 Å². The Kier molecular flexibility index (Phi) is 3.69. The Morgan fingerprint density at radius 1 is 1.30 bits per heavy atom. The van der Waals surface area contributed by atoms with Gasteiger partial charge in [-0.3, -0.25) is 4.79 Å². The molecule has 0 aromatic heterocycles. The van der Waals surface area contributed by atoms with E-state index in [1.54, 1.807) is 17.0 Å². The first-order valence-electron chi connectivity index (χ1n) is 7.10. The molecule has 1 saturated carbocycles. The van der Waals surface area contributed by atoms with Gasteiger partial charge in [0.25, 0.3) is 0 Å². The van der Waals surface area contributed by atoms with Gasteiger partial charge in [0.05, 0.1) is 6.04 Å². The van der Waals surface area contributed by atoms with Crippen molar-refractivity contribution in [3.8, 4) is 0 Å². The van der Waals surface area contributed by atoms with E-state index in [2.05, 4.69) is 0 Å². The minimum absolute atomic E-state index is 0.0220. The number of likely N-dealkylation sites (tertiary alicyclic amines) is 1. The maximum absolute atomic E-state index is 14.2. The molecule has 0 spiro atoms. The van der Waals surface area contributed by atoms with Crippen LogP contribution in [-0.2, 0) is 4.79 Å². The summed E-state index contributed by atoms with van der Waals surface area (Å²) in [6.45, 7) is 0. The van der Waals surface area contributed by atoms with E-state index in [9.17, 15) is 9.18 Å². The fourth-order valence-corrected chi connectivity index (χ4v) is 3.81. The van der Waals surface area contributed by atoms with Gasteiger partial charge >= 0.3 is 0 Å². The fourth-order valence-electron chi connectivity index (χ4n) is 3.54. The van der Waals surface area contributed by atoms with Crippen LogP contribution in [0.3, 0.4) is 0 Å². The fraction of sp³-hybridized carbons (Fsp3) is 0.533. The molecule has 2 unspecified atom stereocenters. The van der Waals surface area contributed by atoms with Crippen molar-refractivity contribution < 1.29 is 9.18 Å². The molecule has 1 amide bonds. The Balaban J connectivity index is 2.02. The molecule has 5 heteroatoms. The van der Waals surface area contributed by atoms with Gasteiger partial charge in [-0.25, -0.2) is 4.39 Å². The molecular weight excluding hydrogens is 279 g/mol. The molecule has 20 heavy (non-hydrogen) atoms. The van der Waals surface area contributed by atoms with Crippen LogP contribution in [0.2, 0.25) is 5.02 Å². The summed E-state index contributed by atoms with van der Waals surface area (Å²) >= 11 is 6.16. The number of benzene rings is 1. The lowest BCUT2D eigenvalue weighted by atomic mass is 9.99. The number of hydrogen-bond acceptors (Lipinski definition) is 2. The predicted molar refractivity (Wildman–Crippen MR) is 75.8 cm³/mol. The molecule has 3 nitrogen and oxygen atoms in total. The van der Waals surface area contributed by atoms with Crippen LogP contribution in [0, 0.1) is 5.82 Å². The topological polar surface area (TPSA) is 46.3 Å². The summed E-state index contributed by atoms with van der Waals surface area (Å²) in [4.78, 5) is 14.1. The molecule has 0 bridgehead atoms. The van der Waals surface area contributed by atoms with Crippen LogP contribution >= 0.6 is 11.6 Å². The van der Waals surface area contributed by atoms with E-state index in [0.717, 1.165) is 25.7 Å². The van der Waals surface area contributed by atoms with E-state index in [4.69, 9.17) is 17.3 Å². The number of amides is 1. The van der Waals surface area contributed by atoms with Crippen LogP contribution in [0.15, 0.2) is 18.2 Å². The van der Waals surface area contributed by atoms with Crippen molar-refractivity contribution in [1.82, 2.24) is 4.90 Å². The summed E-state index contributed by atoms with van der Waals surface area (Å²) in [5, 5.41) is 0.350. The number of hydrogen-bond donors (Lipinski definition) is 1. The molecule has 1 heterocycles. The first-order valence-corrected chi connectivity index (χ1v) is 7.48. The molecule has 2 atom stereocenters. The maximum atomic E-state index is 14.2. The van der Waals surface area contributed by atoms with Crippen molar-refractivity contribution in [2.24, 2.45) is 5.73 Å². The molecule has 1 aromatic carbocycles. The lowest BCUT2D eigenvalue weighted by Crippen LogP contribution is -2.39. The minimum atomic E-state index is -0.431. The second kappa shape index (κ2) is 5.34. The van der Waals surface area contributed by atoms with Crippen molar-refractivity contribution in [3.63, 3.8) is 0 Å². The van der Waals surface area contributed by atoms with Crippen LogP contribution in [0.4, 0.5) is 4.39 Å². The lowest BCUT2D eigenvalue weighted by molar-refractivity contribution is -0.131. The standard InChI is InChI=1S/C15H18ClFN2O/c16-10-6-3-7-11(17)14(10)15-12(18)8-13(20)19(15)9-4-1-2-5-9/h3,6-7,9,12,15H,1-2,4-5,8,18H2. The summed E-state index contributed by atoms with van der Waals surface area (Å²) in [5.41, 5.74) is 6.48. The van der Waals surface area contributed by atoms with Crippen LogP contribution in [-0.4, -0.2) is 22.9 Å². The molecular formula is C15H18ClFN2O. The number of carbonyl (C=O) groups is 1. The van der Waals surface area contributed by atoms with E-state index < -0.39 is 12.1 Å². The van der Waals surface area contributed by atoms with E-state index in [-0.39, 0.29) is 24.2 Å². The maximum Gasteiger partial charge on any atom is 0.225 e. The first-order chi connectivity index (χ1) is 9.59. The smallest absolute Gasteiger partial charge is 0.225 e. The van der Waals surface area contributed by atoms with Crippen molar-refractivity contribution in [2.45, 2.75) is 50.2 Å². The lowest BCUT2D eigenvalue weighted by Gasteiger charge is -2.33. The highest BCUT2D eigenvalue weighted by Gasteiger charge is 2.44. The van der Waals surface area contributed by atoms with Gasteiger partial charge in [-0.05, 0) is 25.0 Å². The van der Waals surface area contributed by atoms with Gasteiger partial charge in [-0.2, -0.15) is 0 Å². The van der Waals surface area contributed by atoms with Crippen molar-refractivity contribution in [2.75, 3.05) is 0 Å². The highest BCUT2D eigenvalue weighted by Crippen LogP contribution is 2.41. The number of rotatable bonds is 2. The van der Waals surface area contributed by atoms with E-state index in [0.29, 0.717) is 10.6 Å². The molecule has 1 saturated heterocycles. The van der Waals surface area contributed by atoms with E-state index >= 15 is 0 Å². The van der Waals surface area contributed by atoms with Crippen LogP contribution in [0.5, 0.6) is 0 Å². The molecule has 2 fully saturated rings. The van der Waals surface area contributed by atoms with Crippen LogP contribution < -0.4 is 5.73 Å². The number of nitrogens with two attached hydrogens (primary N) is 1. The first kappa shape index (κ1) is 13.8. The zero-order chi connectivity index (χ0) is 14.3. The molecule has 3 rings (SSSR count). The normalized spacial score (nSPS) is 27.6. The molecule has 2 N–H and O–H groups in total. The monoisotopic (exact) mass is 296 g/mol. The van der Waals surface area contributed by atoms with Crippen molar-refractivity contribution in [1.29, 1.82) is 0 Å². The second-order valence-electron chi connectivity index (χ2n) is 5.69. The van der Waals surface area contributed by atoms with Gasteiger partial charge in [0.15, 0.2) is 0 Å². The number of halogens is 2. The third kappa shape index (κ3) is 2.21. The Morgan fingerprint density at radius 3 is 2.65 bits per heavy atom. The minimum Gasteiger partial charge on any atom is -0.331 e. The summed E-state index contributed by atoms with van der Waals surface area (Å²) in [7, 11) is 0. The third-order valence-electron chi connectivity index (χ3n) is 4.42. The Morgan fingerprint density at radius 2 is 2.00 bits per heavy atom. The molecule has 108 valence electrons. The van der Waals surface area contributed by atoms with Gasteiger partial charge < -0.3 is 10.6 Å². The summed E-state index contributed by atoms with van der Waals surface area (Å²) in [5.74, 6) is -0.357. The van der Waals surface area contributed by atoms with E-state index in [1.807, 2.05) is 0 Å². The zero-order valence-corrected chi connectivity index (χ0v) is 11.9. The quantitative estimate of drug-likeness (QED) is 0.912. The van der Waals surface area contributed by atoms with Gasteiger partial charge in [-0.15, -0.1) is 0 Å². The SMILES string of the molecule is NC1CC(=O)N(C2CCCC2)C1c1c(F)cccc1Cl. The molecule has 2 aliphatic rings. The zero-order valence-electron chi connectivity index (χ0n) is 11.2. The van der Waals surface area contributed by atoms with Gasteiger partial charge in [0.1, 0.15) is 5.82 Å². The predicted octanol–water partition coefficient (Wildman–Crippen LogP) is 3.02. The van der Waals surface area contributed by atoms with Gasteiger partial charge in [0.2, 0.25) is 5.91 Å². The Hall–Kier alpha value is -1.13. The molecule has 1 aliphatic carbocycles. The van der Waals surface area contributed by atoms with E-state index in [1.165, 1.54) is 6.07 Å². The summed E-state index contributed by atoms with van der Waals surface area (Å²) in [6, 6.07) is 3.96. The Bertz CT molecular complexity index is 510. The summed E-state index contributed by atoms with van der Waals surface area (Å²) < 4.78 is 14.2. The van der Waals surface area contributed by atoms with Crippen LogP contribution in [0.1, 0.15) is 43.7 Å². The van der Waals surface area contributed by atoms with Crippen LogP contribution in [0.25, 0.3) is 0 Å². The largest absolute Gasteiger partial charge is 0.331 e. The molecule has 1 aliphatic heterocycles.